The maximum absolute atomic E-state index is 11.9. The van der Waals surface area contributed by atoms with Gasteiger partial charge >= 0.3 is 11.7 Å². The van der Waals surface area contributed by atoms with Crippen LogP contribution >= 0.6 is 15.9 Å². The molecular formula is C14H13BrN2O4. The van der Waals surface area contributed by atoms with Gasteiger partial charge in [-0.3, -0.25) is 0 Å². The Hall–Kier alpha value is -2.15. The predicted octanol–water partition coefficient (Wildman–Crippen LogP) is 3.03. The molecule has 0 atom stereocenters. The summed E-state index contributed by atoms with van der Waals surface area (Å²) < 4.78 is 10.8. The molecule has 0 bridgehead atoms. The lowest BCUT2D eigenvalue weighted by atomic mass is 10.1. The van der Waals surface area contributed by atoms with Crippen LogP contribution in [0.2, 0.25) is 0 Å². The van der Waals surface area contributed by atoms with Gasteiger partial charge in [-0.05, 0) is 38.1 Å². The smallest absolute Gasteiger partial charge is 0.427 e. The molecule has 2 aromatic rings. The van der Waals surface area contributed by atoms with Gasteiger partial charge in [0.1, 0.15) is 5.58 Å². The molecular weight excluding hydrogens is 340 g/mol. The van der Waals surface area contributed by atoms with Crippen LogP contribution in [0.25, 0.3) is 11.0 Å². The first kappa shape index (κ1) is 15.2. The van der Waals surface area contributed by atoms with Crippen LogP contribution in [-0.2, 0) is 4.74 Å². The second-order valence-electron chi connectivity index (χ2n) is 4.16. The van der Waals surface area contributed by atoms with Crippen LogP contribution in [0.3, 0.4) is 0 Å². The van der Waals surface area contributed by atoms with Gasteiger partial charge in [0, 0.05) is 9.86 Å². The number of fused-ring (bicyclic) bond motifs is 1. The Balaban J connectivity index is 2.36. The van der Waals surface area contributed by atoms with E-state index in [9.17, 15) is 9.59 Å². The molecule has 21 heavy (non-hydrogen) atoms. The summed E-state index contributed by atoms with van der Waals surface area (Å²) in [5, 5.41) is 4.58. The third-order valence-corrected chi connectivity index (χ3v) is 3.17. The monoisotopic (exact) mass is 352 g/mol. The van der Waals surface area contributed by atoms with Crippen molar-refractivity contribution in [1.29, 1.82) is 0 Å². The number of amides is 1. The number of hydrogen-bond acceptors (Lipinski definition) is 5. The molecule has 1 amide bonds. The van der Waals surface area contributed by atoms with Crippen LogP contribution in [0, 0.1) is 0 Å². The van der Waals surface area contributed by atoms with E-state index in [1.807, 2.05) is 6.07 Å². The number of benzene rings is 1. The van der Waals surface area contributed by atoms with E-state index in [-0.39, 0.29) is 12.2 Å². The Morgan fingerprint density at radius 2 is 2.19 bits per heavy atom. The first-order chi connectivity index (χ1) is 10.0. The van der Waals surface area contributed by atoms with Crippen LogP contribution in [0.15, 0.2) is 43.1 Å². The van der Waals surface area contributed by atoms with E-state index in [1.165, 1.54) is 0 Å². The van der Waals surface area contributed by atoms with E-state index in [1.54, 1.807) is 32.0 Å². The molecule has 7 heteroatoms. The lowest BCUT2D eigenvalue weighted by molar-refractivity contribution is 0.152. The molecule has 0 fully saturated rings. The number of nitrogens with one attached hydrogen (secondary N) is 1. The van der Waals surface area contributed by atoms with Crippen molar-refractivity contribution in [3.05, 3.63) is 44.7 Å². The number of hydrazone groups is 1. The van der Waals surface area contributed by atoms with Gasteiger partial charge in [-0.1, -0.05) is 15.9 Å². The highest BCUT2D eigenvalue weighted by Crippen LogP contribution is 2.19. The molecule has 0 unspecified atom stereocenters. The Bertz CT molecular complexity index is 767. The molecule has 1 N–H and O–H groups in total. The maximum atomic E-state index is 11.9. The van der Waals surface area contributed by atoms with Crippen molar-refractivity contribution in [2.45, 2.75) is 13.8 Å². The van der Waals surface area contributed by atoms with Gasteiger partial charge in [-0.2, -0.15) is 5.10 Å². The molecule has 1 aromatic carbocycles. The van der Waals surface area contributed by atoms with Crippen molar-refractivity contribution in [3.63, 3.8) is 0 Å². The van der Waals surface area contributed by atoms with E-state index in [0.717, 1.165) is 9.86 Å². The van der Waals surface area contributed by atoms with E-state index in [4.69, 9.17) is 4.42 Å². The summed E-state index contributed by atoms with van der Waals surface area (Å²) in [5.74, 6) is 0. The zero-order chi connectivity index (χ0) is 15.4. The molecule has 0 saturated carbocycles. The Labute approximate surface area is 128 Å². The highest BCUT2D eigenvalue weighted by molar-refractivity contribution is 9.10. The molecule has 1 heterocycles. The van der Waals surface area contributed by atoms with E-state index in [2.05, 4.69) is 31.2 Å². The number of hydrogen-bond donors (Lipinski definition) is 1. The second-order valence-corrected chi connectivity index (χ2v) is 5.07. The third-order valence-electron chi connectivity index (χ3n) is 2.67. The first-order valence-electron chi connectivity index (χ1n) is 6.22. The Morgan fingerprint density at radius 1 is 1.43 bits per heavy atom. The number of nitrogens with zero attached hydrogens (tertiary/aromatic N) is 1. The average molecular weight is 353 g/mol. The lowest BCUT2D eigenvalue weighted by Gasteiger charge is -2.03. The zero-order valence-electron chi connectivity index (χ0n) is 11.5. The van der Waals surface area contributed by atoms with Crippen molar-refractivity contribution in [2.24, 2.45) is 5.10 Å². The summed E-state index contributed by atoms with van der Waals surface area (Å²) in [6.07, 6.45) is -0.676. The largest absolute Gasteiger partial charge is 0.449 e. The standard InChI is InChI=1S/C14H13BrN2O4/c1-3-20-14(19)17-16-8(2)11-7-9-6-10(15)4-5-12(9)21-13(11)18/h4-7H,3H2,1-2H3,(H,17,19)/b16-8+. The van der Waals surface area contributed by atoms with Crippen molar-refractivity contribution < 1.29 is 13.9 Å². The van der Waals surface area contributed by atoms with Crippen molar-refractivity contribution in [2.75, 3.05) is 6.61 Å². The minimum Gasteiger partial charge on any atom is -0.449 e. The second kappa shape index (κ2) is 6.53. The van der Waals surface area contributed by atoms with Crippen LogP contribution in [0.5, 0.6) is 0 Å². The third kappa shape index (κ3) is 3.69. The average Bonchev–Trinajstić information content (AvgIpc) is 2.45. The van der Waals surface area contributed by atoms with Crippen LogP contribution in [0.1, 0.15) is 19.4 Å². The molecule has 6 nitrogen and oxygen atoms in total. The SMILES string of the molecule is CCOC(=O)N/N=C(\C)c1cc2cc(Br)ccc2oc1=O. The van der Waals surface area contributed by atoms with Crippen LogP contribution in [0.4, 0.5) is 4.79 Å². The highest BCUT2D eigenvalue weighted by Gasteiger charge is 2.09. The van der Waals surface area contributed by atoms with Gasteiger partial charge in [-0.15, -0.1) is 0 Å². The van der Waals surface area contributed by atoms with E-state index < -0.39 is 11.7 Å². The summed E-state index contributed by atoms with van der Waals surface area (Å²) in [7, 11) is 0. The van der Waals surface area contributed by atoms with Gasteiger partial charge in [-0.25, -0.2) is 15.0 Å². The van der Waals surface area contributed by atoms with Crippen molar-refractivity contribution in [3.8, 4) is 0 Å². The fourth-order valence-electron chi connectivity index (χ4n) is 1.70. The molecule has 0 radical (unpaired) electrons. The molecule has 0 spiro atoms. The normalized spacial score (nSPS) is 11.5. The maximum Gasteiger partial charge on any atom is 0.427 e. The number of carbonyl (C=O) groups excluding carboxylic acids is 1. The molecule has 0 aliphatic carbocycles. The Kier molecular flexibility index (Phi) is 4.74. The fraction of sp³-hybridized carbons (Fsp3) is 0.214. The van der Waals surface area contributed by atoms with Crippen LogP contribution < -0.4 is 11.1 Å². The molecule has 0 saturated heterocycles. The summed E-state index contributed by atoms with van der Waals surface area (Å²) in [4.78, 5) is 23.1. The zero-order valence-corrected chi connectivity index (χ0v) is 13.1. The quantitative estimate of drug-likeness (QED) is 0.523. The molecule has 0 aliphatic heterocycles. The molecule has 0 aliphatic rings. The highest BCUT2D eigenvalue weighted by atomic mass is 79.9. The minimum atomic E-state index is -0.676. The molecule has 110 valence electrons. The lowest BCUT2D eigenvalue weighted by Crippen LogP contribution is -2.22. The number of carbonyl (C=O) groups is 1. The summed E-state index contributed by atoms with van der Waals surface area (Å²) in [5.41, 5.74) is 2.78. The van der Waals surface area contributed by atoms with Crippen molar-refractivity contribution in [1.82, 2.24) is 5.43 Å². The number of ether oxygens (including phenoxy) is 1. The van der Waals surface area contributed by atoms with Gasteiger partial charge in [0.2, 0.25) is 0 Å². The van der Waals surface area contributed by atoms with Gasteiger partial charge in [0.25, 0.3) is 0 Å². The van der Waals surface area contributed by atoms with Gasteiger partial charge < -0.3 is 9.15 Å². The van der Waals surface area contributed by atoms with Gasteiger partial charge in [0.15, 0.2) is 0 Å². The van der Waals surface area contributed by atoms with Crippen LogP contribution in [-0.4, -0.2) is 18.4 Å². The number of halogens is 1. The van der Waals surface area contributed by atoms with E-state index >= 15 is 0 Å². The van der Waals surface area contributed by atoms with Crippen molar-refractivity contribution >= 4 is 38.7 Å². The molecule has 2 rings (SSSR count). The summed E-state index contributed by atoms with van der Waals surface area (Å²) in [6.45, 7) is 3.53. The fourth-order valence-corrected chi connectivity index (χ4v) is 2.08. The van der Waals surface area contributed by atoms with E-state index in [0.29, 0.717) is 11.3 Å². The number of rotatable bonds is 3. The Morgan fingerprint density at radius 3 is 2.90 bits per heavy atom. The first-order valence-corrected chi connectivity index (χ1v) is 7.01. The summed E-state index contributed by atoms with van der Waals surface area (Å²) in [6, 6.07) is 6.98. The van der Waals surface area contributed by atoms with Gasteiger partial charge in [0.05, 0.1) is 17.9 Å². The summed E-state index contributed by atoms with van der Waals surface area (Å²) >= 11 is 3.36. The molecule has 1 aromatic heterocycles. The predicted molar refractivity (Wildman–Crippen MR) is 82.6 cm³/mol. The topological polar surface area (TPSA) is 80.9 Å². The minimum absolute atomic E-state index is 0.243.